The van der Waals surface area contributed by atoms with Crippen LogP contribution in [-0.2, 0) is 19.1 Å². The largest absolute Gasteiger partial charge is 0.430 e. The summed E-state index contributed by atoms with van der Waals surface area (Å²) in [5.74, 6) is -1.70. The molecule has 4 nitrogen and oxygen atoms in total. The second-order valence-corrected chi connectivity index (χ2v) is 5.28. The van der Waals surface area contributed by atoms with Crippen molar-refractivity contribution in [1.29, 1.82) is 0 Å². The molecule has 0 atom stereocenters. The minimum Gasteiger partial charge on any atom is -0.430 e. The Kier molecular flexibility index (Phi) is 4.51. The van der Waals surface area contributed by atoms with Gasteiger partial charge in [-0.2, -0.15) is 11.3 Å². The van der Waals surface area contributed by atoms with E-state index in [0.29, 0.717) is 0 Å². The first-order valence-electron chi connectivity index (χ1n) is 4.22. The molecule has 0 saturated heterocycles. The summed E-state index contributed by atoms with van der Waals surface area (Å²) in [5, 5.41) is 1.92. The van der Waals surface area contributed by atoms with Gasteiger partial charge in [-0.15, -0.1) is 0 Å². The number of hydrogen-bond donors (Lipinski definition) is 0. The maximum absolute atomic E-state index is 10.8. The molecule has 2 radical (unpaired) electrons. The van der Waals surface area contributed by atoms with Crippen LogP contribution in [0.1, 0.15) is 13.8 Å². The Bertz CT molecular complexity index is 320. The van der Waals surface area contributed by atoms with E-state index in [1.807, 2.05) is 17.5 Å². The summed E-state index contributed by atoms with van der Waals surface area (Å²) >= 11 is 1.54. The predicted octanol–water partition coefficient (Wildman–Crippen LogP) is 0.487. The van der Waals surface area contributed by atoms with E-state index in [1.54, 1.807) is 0 Å². The Morgan fingerprint density at radius 1 is 1.33 bits per heavy atom. The van der Waals surface area contributed by atoms with Gasteiger partial charge in [-0.25, -0.2) is 0 Å². The molecule has 0 aliphatic carbocycles. The van der Waals surface area contributed by atoms with Crippen LogP contribution in [0.3, 0.4) is 0 Å². The molecule has 0 aliphatic rings. The average molecular weight is 242 g/mol. The first-order chi connectivity index (χ1) is 7.08. The summed E-state index contributed by atoms with van der Waals surface area (Å²) in [7, 11) is 0.138. The van der Waals surface area contributed by atoms with E-state index in [2.05, 4.69) is 0 Å². The van der Waals surface area contributed by atoms with Crippen LogP contribution in [0.5, 0.6) is 0 Å². The summed E-state index contributed by atoms with van der Waals surface area (Å²) in [6.07, 6.45) is 0. The molecule has 0 fully saturated rings. The first kappa shape index (κ1) is 11.9. The van der Waals surface area contributed by atoms with Crippen molar-refractivity contribution in [1.82, 2.24) is 0 Å². The zero-order valence-corrected chi connectivity index (χ0v) is 10.2. The molecule has 0 unspecified atom stereocenters. The Balaban J connectivity index is 2.55. The fourth-order valence-corrected chi connectivity index (χ4v) is 2.96. The highest BCUT2D eigenvalue weighted by molar-refractivity contribution is 7.19. The second kappa shape index (κ2) is 5.67. The van der Waals surface area contributed by atoms with E-state index in [0.717, 1.165) is 4.50 Å². The third-order valence-electron chi connectivity index (χ3n) is 1.33. The summed E-state index contributed by atoms with van der Waals surface area (Å²) in [6, 6.07) is 3.80. The maximum atomic E-state index is 10.8. The highest BCUT2D eigenvalue weighted by atomic mass is 32.1. The van der Waals surface area contributed by atoms with Crippen molar-refractivity contribution in [2.45, 2.75) is 19.8 Å². The van der Waals surface area contributed by atoms with E-state index >= 15 is 0 Å². The van der Waals surface area contributed by atoms with Gasteiger partial charge in [0.2, 0.25) is 15.4 Å². The lowest BCUT2D eigenvalue weighted by atomic mass is 10.7. The quantitative estimate of drug-likeness (QED) is 0.438. The Hall–Kier alpha value is -1.14. The topological polar surface area (TPSA) is 52.6 Å². The molecule has 0 amide bonds. The van der Waals surface area contributed by atoms with Crippen molar-refractivity contribution in [2.75, 3.05) is 0 Å². The molecule has 0 aliphatic heterocycles. The van der Waals surface area contributed by atoms with Crippen LogP contribution in [0, 0.1) is 0 Å². The normalized spacial score (nSPS) is 10.1. The fraction of sp³-hybridized carbons (Fsp3) is 0.333. The van der Waals surface area contributed by atoms with Gasteiger partial charge >= 0.3 is 11.9 Å². The van der Waals surface area contributed by atoms with Gasteiger partial charge in [0.15, 0.2) is 0 Å². The third-order valence-corrected chi connectivity index (χ3v) is 3.64. The number of rotatable bonds is 4. The number of thiophene rings is 1. The van der Waals surface area contributed by atoms with E-state index in [4.69, 9.17) is 9.47 Å². The number of carbonyl (C=O) groups is 2. The van der Waals surface area contributed by atoms with Crippen LogP contribution < -0.4 is 4.50 Å². The van der Waals surface area contributed by atoms with Crippen LogP contribution >= 0.6 is 11.3 Å². The molecular weight excluding hydrogens is 232 g/mol. The zero-order valence-electron chi connectivity index (χ0n) is 8.35. The van der Waals surface area contributed by atoms with Crippen LogP contribution in [0.2, 0.25) is 0 Å². The molecule has 0 bridgehead atoms. The Morgan fingerprint density at radius 3 is 2.33 bits per heavy atom. The fourth-order valence-electron chi connectivity index (χ4n) is 0.861. The molecule has 1 aromatic rings. The van der Waals surface area contributed by atoms with E-state index in [9.17, 15) is 9.59 Å². The van der Waals surface area contributed by atoms with Crippen molar-refractivity contribution >= 4 is 37.3 Å². The molecule has 1 rings (SSSR count). The molecule has 6 heteroatoms. The molecule has 0 saturated carbocycles. The predicted molar refractivity (Wildman–Crippen MR) is 57.0 cm³/mol. The number of esters is 2. The molecule has 1 heterocycles. The van der Waals surface area contributed by atoms with Gasteiger partial charge in [0, 0.05) is 13.8 Å². The van der Waals surface area contributed by atoms with Gasteiger partial charge in [0.1, 0.15) is 0 Å². The van der Waals surface area contributed by atoms with Gasteiger partial charge in [0.25, 0.3) is 0 Å². The number of carbonyl (C=O) groups excluding carboxylic acids is 2. The monoisotopic (exact) mass is 242 g/mol. The van der Waals surface area contributed by atoms with Gasteiger partial charge < -0.3 is 9.47 Å². The van der Waals surface area contributed by atoms with E-state index in [-0.39, 0.29) is 9.52 Å². The Labute approximate surface area is 94.0 Å². The lowest BCUT2D eigenvalue weighted by Crippen LogP contribution is -2.34. The summed E-state index contributed by atoms with van der Waals surface area (Å²) < 4.78 is 10.8. The summed E-state index contributed by atoms with van der Waals surface area (Å²) in [4.78, 5) is 21.5. The van der Waals surface area contributed by atoms with Crippen molar-refractivity contribution < 1.29 is 19.1 Å². The standard InChI is InChI=1S/C9H10O4SSi/c1-6(10)12-9(13-7(2)11)15-8-4-3-5-14-8/h3-5,9H,1-2H3. The molecule has 0 aromatic carbocycles. The van der Waals surface area contributed by atoms with Gasteiger partial charge in [-0.05, 0) is 9.88 Å². The molecule has 1 aromatic heterocycles. The Morgan fingerprint density at radius 2 is 1.93 bits per heavy atom. The molecule has 15 heavy (non-hydrogen) atoms. The summed E-state index contributed by atoms with van der Waals surface area (Å²) in [6.45, 7) is 2.57. The van der Waals surface area contributed by atoms with Crippen molar-refractivity contribution in [3.05, 3.63) is 17.5 Å². The van der Waals surface area contributed by atoms with E-state index in [1.165, 1.54) is 25.2 Å². The SMILES string of the molecule is CC(=O)OC(OC(C)=O)[Si]c1cccs1. The lowest BCUT2D eigenvalue weighted by Gasteiger charge is -2.14. The molecule has 0 spiro atoms. The van der Waals surface area contributed by atoms with Crippen molar-refractivity contribution in [3.8, 4) is 0 Å². The second-order valence-electron chi connectivity index (χ2n) is 2.67. The van der Waals surface area contributed by atoms with Gasteiger partial charge in [-0.1, -0.05) is 12.1 Å². The average Bonchev–Trinajstić information content (AvgIpc) is 2.53. The van der Waals surface area contributed by atoms with Crippen LogP contribution in [0.4, 0.5) is 0 Å². The number of ether oxygens (including phenoxy) is 2. The van der Waals surface area contributed by atoms with Crippen molar-refractivity contribution in [3.63, 3.8) is 0 Å². The summed E-state index contributed by atoms with van der Waals surface area (Å²) in [5.41, 5.74) is 0. The molecule has 0 N–H and O–H groups in total. The van der Waals surface area contributed by atoms with Crippen LogP contribution in [0.25, 0.3) is 0 Å². The highest BCUT2D eigenvalue weighted by Crippen LogP contribution is 1.99. The lowest BCUT2D eigenvalue weighted by molar-refractivity contribution is -0.171. The number of hydrogen-bond acceptors (Lipinski definition) is 5. The first-order valence-corrected chi connectivity index (χ1v) is 6.18. The van der Waals surface area contributed by atoms with Crippen molar-refractivity contribution in [2.24, 2.45) is 0 Å². The van der Waals surface area contributed by atoms with Crippen LogP contribution in [0.15, 0.2) is 17.5 Å². The van der Waals surface area contributed by atoms with Gasteiger partial charge in [-0.3, -0.25) is 9.59 Å². The third kappa shape index (κ3) is 4.75. The minimum atomic E-state index is -0.793. The van der Waals surface area contributed by atoms with Crippen LogP contribution in [-0.4, -0.2) is 27.4 Å². The van der Waals surface area contributed by atoms with Gasteiger partial charge in [0.05, 0.1) is 0 Å². The molecular formula is C9H10O4SSi. The highest BCUT2D eigenvalue weighted by Gasteiger charge is 2.17. The maximum Gasteiger partial charge on any atom is 0.305 e. The smallest absolute Gasteiger partial charge is 0.305 e. The zero-order chi connectivity index (χ0) is 11.3. The van der Waals surface area contributed by atoms with E-state index < -0.39 is 17.9 Å². The minimum absolute atomic E-state index is 0.138. The molecule has 80 valence electrons.